The van der Waals surface area contributed by atoms with Crippen LogP contribution in [0.25, 0.3) is 0 Å². The van der Waals surface area contributed by atoms with Crippen molar-refractivity contribution in [2.45, 2.75) is 38.6 Å². The van der Waals surface area contributed by atoms with E-state index < -0.39 is 0 Å². The molecule has 11 heavy (non-hydrogen) atoms. The van der Waals surface area contributed by atoms with E-state index in [4.69, 9.17) is 0 Å². The van der Waals surface area contributed by atoms with Crippen molar-refractivity contribution in [1.82, 2.24) is 10.4 Å². The summed E-state index contributed by atoms with van der Waals surface area (Å²) in [5.41, 5.74) is 3.48. The van der Waals surface area contributed by atoms with Gasteiger partial charge in [0.1, 0.15) is 0 Å². The van der Waals surface area contributed by atoms with E-state index in [0.29, 0.717) is 0 Å². The minimum Gasteiger partial charge on any atom is -0.255 e. The fourth-order valence-electron chi connectivity index (χ4n) is 2.23. The third-order valence-electron chi connectivity index (χ3n) is 2.92. The smallest absolute Gasteiger partial charge is 0.0243 e. The molecule has 0 amide bonds. The number of hydrogen-bond donors (Lipinski definition) is 1. The van der Waals surface area contributed by atoms with Gasteiger partial charge in [-0.1, -0.05) is 19.8 Å². The summed E-state index contributed by atoms with van der Waals surface area (Å²) in [7, 11) is 0. The Balaban J connectivity index is 1.85. The predicted molar refractivity (Wildman–Crippen MR) is 46.1 cm³/mol. The molecule has 0 bridgehead atoms. The number of nitrogens with one attached hydrogen (secondary N) is 1. The minimum atomic E-state index is 0.857. The standard InChI is InChI=1S/C9H18N2/c1-8-6-10-11(7-8)9-4-2-3-5-9/h8-10H,2-7H2,1H3. The van der Waals surface area contributed by atoms with E-state index in [1.165, 1.54) is 38.8 Å². The van der Waals surface area contributed by atoms with E-state index in [9.17, 15) is 0 Å². The second kappa shape index (κ2) is 3.11. The Labute approximate surface area is 68.9 Å². The van der Waals surface area contributed by atoms with Crippen molar-refractivity contribution < 1.29 is 0 Å². The molecule has 1 N–H and O–H groups in total. The second-order valence-corrected chi connectivity index (χ2v) is 4.06. The largest absolute Gasteiger partial charge is 0.255 e. The Bertz CT molecular complexity index is 130. The van der Waals surface area contributed by atoms with Crippen molar-refractivity contribution in [3.8, 4) is 0 Å². The van der Waals surface area contributed by atoms with E-state index in [0.717, 1.165) is 12.0 Å². The highest BCUT2D eigenvalue weighted by molar-refractivity contribution is 4.80. The maximum Gasteiger partial charge on any atom is 0.0243 e. The summed E-state index contributed by atoms with van der Waals surface area (Å²) in [6, 6.07) is 0.861. The molecule has 64 valence electrons. The van der Waals surface area contributed by atoms with Gasteiger partial charge in [0, 0.05) is 19.1 Å². The highest BCUT2D eigenvalue weighted by atomic mass is 15.5. The van der Waals surface area contributed by atoms with Gasteiger partial charge in [-0.15, -0.1) is 0 Å². The van der Waals surface area contributed by atoms with Gasteiger partial charge < -0.3 is 0 Å². The summed E-state index contributed by atoms with van der Waals surface area (Å²) < 4.78 is 0. The molecule has 2 heteroatoms. The van der Waals surface area contributed by atoms with Crippen LogP contribution in [0.15, 0.2) is 0 Å². The van der Waals surface area contributed by atoms with Crippen LogP contribution >= 0.6 is 0 Å². The predicted octanol–water partition coefficient (Wildman–Crippen LogP) is 1.39. The topological polar surface area (TPSA) is 15.3 Å². The van der Waals surface area contributed by atoms with Crippen LogP contribution in [0.1, 0.15) is 32.6 Å². The summed E-state index contributed by atoms with van der Waals surface area (Å²) >= 11 is 0. The molecule has 0 aromatic carbocycles. The fourth-order valence-corrected chi connectivity index (χ4v) is 2.23. The first-order valence-electron chi connectivity index (χ1n) is 4.86. The second-order valence-electron chi connectivity index (χ2n) is 4.06. The third-order valence-corrected chi connectivity index (χ3v) is 2.92. The SMILES string of the molecule is CC1CNN(C2CCCC2)C1. The third kappa shape index (κ3) is 1.57. The molecule has 1 heterocycles. The molecule has 1 atom stereocenters. The minimum absolute atomic E-state index is 0.857. The average molecular weight is 154 g/mol. The molecule has 1 aliphatic carbocycles. The van der Waals surface area contributed by atoms with Crippen LogP contribution in [0.3, 0.4) is 0 Å². The Kier molecular flexibility index (Phi) is 2.14. The van der Waals surface area contributed by atoms with Crippen molar-refractivity contribution in [3.05, 3.63) is 0 Å². The molecule has 1 saturated carbocycles. The van der Waals surface area contributed by atoms with E-state index in [-0.39, 0.29) is 0 Å². The lowest BCUT2D eigenvalue weighted by Crippen LogP contribution is -2.38. The first-order chi connectivity index (χ1) is 5.36. The molecule has 0 spiro atoms. The lowest BCUT2D eigenvalue weighted by molar-refractivity contribution is 0.174. The number of hydrogen-bond acceptors (Lipinski definition) is 2. The van der Waals surface area contributed by atoms with Crippen molar-refractivity contribution in [1.29, 1.82) is 0 Å². The lowest BCUT2D eigenvalue weighted by atomic mass is 10.2. The van der Waals surface area contributed by atoms with Crippen LogP contribution in [0.4, 0.5) is 0 Å². The van der Waals surface area contributed by atoms with E-state index in [2.05, 4.69) is 17.4 Å². The van der Waals surface area contributed by atoms with Crippen molar-refractivity contribution in [2.75, 3.05) is 13.1 Å². The van der Waals surface area contributed by atoms with Gasteiger partial charge in [0.15, 0.2) is 0 Å². The normalized spacial score (nSPS) is 35.2. The quantitative estimate of drug-likeness (QED) is 0.614. The van der Waals surface area contributed by atoms with Crippen LogP contribution in [0.2, 0.25) is 0 Å². The Morgan fingerprint density at radius 3 is 2.55 bits per heavy atom. The van der Waals surface area contributed by atoms with E-state index in [1.54, 1.807) is 0 Å². The van der Waals surface area contributed by atoms with Crippen LogP contribution in [0.5, 0.6) is 0 Å². The molecule has 2 aliphatic rings. The average Bonchev–Trinajstić information content (AvgIpc) is 2.55. The van der Waals surface area contributed by atoms with E-state index in [1.807, 2.05) is 0 Å². The van der Waals surface area contributed by atoms with Crippen LogP contribution < -0.4 is 5.43 Å². The van der Waals surface area contributed by atoms with Gasteiger partial charge in [-0.3, -0.25) is 5.43 Å². The highest BCUT2D eigenvalue weighted by Crippen LogP contribution is 2.24. The molecule has 1 unspecified atom stereocenters. The summed E-state index contributed by atoms with van der Waals surface area (Å²) in [4.78, 5) is 0. The van der Waals surface area contributed by atoms with Crippen molar-refractivity contribution in [2.24, 2.45) is 5.92 Å². The maximum absolute atomic E-state index is 3.48. The van der Waals surface area contributed by atoms with Gasteiger partial charge in [-0.2, -0.15) is 0 Å². The fraction of sp³-hybridized carbons (Fsp3) is 1.00. The molecule has 2 nitrogen and oxygen atoms in total. The molecular formula is C9H18N2. The summed E-state index contributed by atoms with van der Waals surface area (Å²) in [5, 5.41) is 2.47. The van der Waals surface area contributed by atoms with Crippen LogP contribution in [-0.2, 0) is 0 Å². The molecule has 0 aromatic heterocycles. The van der Waals surface area contributed by atoms with Gasteiger partial charge in [-0.25, -0.2) is 5.01 Å². The molecular weight excluding hydrogens is 136 g/mol. The molecule has 2 rings (SSSR count). The molecule has 0 radical (unpaired) electrons. The van der Waals surface area contributed by atoms with Gasteiger partial charge in [0.25, 0.3) is 0 Å². The Morgan fingerprint density at radius 1 is 1.27 bits per heavy atom. The first-order valence-corrected chi connectivity index (χ1v) is 4.86. The van der Waals surface area contributed by atoms with Crippen molar-refractivity contribution in [3.63, 3.8) is 0 Å². The molecule has 0 aromatic rings. The summed E-state index contributed by atoms with van der Waals surface area (Å²) in [5.74, 6) is 0.857. The summed E-state index contributed by atoms with van der Waals surface area (Å²) in [6.45, 7) is 4.78. The van der Waals surface area contributed by atoms with Gasteiger partial charge in [-0.05, 0) is 18.8 Å². The van der Waals surface area contributed by atoms with Gasteiger partial charge >= 0.3 is 0 Å². The first kappa shape index (κ1) is 7.56. The highest BCUT2D eigenvalue weighted by Gasteiger charge is 2.27. The van der Waals surface area contributed by atoms with Gasteiger partial charge in [0.05, 0.1) is 0 Å². The zero-order chi connectivity index (χ0) is 7.68. The maximum atomic E-state index is 3.48. The van der Waals surface area contributed by atoms with Gasteiger partial charge in [0.2, 0.25) is 0 Å². The van der Waals surface area contributed by atoms with Crippen LogP contribution in [-0.4, -0.2) is 24.1 Å². The number of rotatable bonds is 1. The zero-order valence-corrected chi connectivity index (χ0v) is 7.34. The Morgan fingerprint density at radius 2 is 2.00 bits per heavy atom. The number of hydrazine groups is 1. The molecule has 1 saturated heterocycles. The lowest BCUT2D eigenvalue weighted by Gasteiger charge is -2.22. The summed E-state index contributed by atoms with van der Waals surface area (Å²) in [6.07, 6.45) is 5.72. The monoisotopic (exact) mass is 154 g/mol. The zero-order valence-electron chi connectivity index (χ0n) is 7.34. The van der Waals surface area contributed by atoms with E-state index >= 15 is 0 Å². The molecule has 1 aliphatic heterocycles. The Hall–Kier alpha value is -0.0800. The van der Waals surface area contributed by atoms with Crippen molar-refractivity contribution >= 4 is 0 Å². The number of nitrogens with zero attached hydrogens (tertiary/aromatic N) is 1. The molecule has 2 fully saturated rings. The van der Waals surface area contributed by atoms with Crippen LogP contribution in [0, 0.1) is 5.92 Å².